The number of hydrogen-bond acceptors (Lipinski definition) is 6. The average molecular weight is 288 g/mol. The zero-order valence-corrected chi connectivity index (χ0v) is 10.5. The number of aromatic nitrogens is 2. The molecule has 1 fully saturated rings. The molecule has 0 amide bonds. The highest BCUT2D eigenvalue weighted by atomic mass is 79.9. The standard InChI is InChI=1S/C9H14BrN5O/c1-9(2-3-16-4-9)14-7-6(10)8(15-11)13-5-12-7/h5H,2-4,11H2,1H3,(H2,12,13,14,15). The van der Waals surface area contributed by atoms with Crippen LogP contribution in [0.4, 0.5) is 11.6 Å². The molecule has 7 heteroatoms. The van der Waals surface area contributed by atoms with Gasteiger partial charge in [-0.2, -0.15) is 0 Å². The number of nitrogens with two attached hydrogens (primary N) is 1. The number of nitrogens with one attached hydrogen (secondary N) is 2. The number of halogens is 1. The molecule has 4 N–H and O–H groups in total. The number of ether oxygens (including phenoxy) is 1. The maximum atomic E-state index is 5.37. The number of nitrogen functional groups attached to an aromatic ring is 1. The molecule has 0 radical (unpaired) electrons. The second-order valence-electron chi connectivity index (χ2n) is 4.02. The van der Waals surface area contributed by atoms with Crippen LogP contribution in [-0.4, -0.2) is 28.7 Å². The Morgan fingerprint density at radius 1 is 1.50 bits per heavy atom. The third kappa shape index (κ3) is 2.26. The van der Waals surface area contributed by atoms with Gasteiger partial charge in [-0.15, -0.1) is 0 Å². The maximum absolute atomic E-state index is 5.37. The summed E-state index contributed by atoms with van der Waals surface area (Å²) in [5, 5.41) is 3.34. The lowest BCUT2D eigenvalue weighted by Crippen LogP contribution is -2.35. The summed E-state index contributed by atoms with van der Waals surface area (Å²) < 4.78 is 6.09. The monoisotopic (exact) mass is 287 g/mol. The van der Waals surface area contributed by atoms with Crippen molar-refractivity contribution in [3.8, 4) is 0 Å². The summed E-state index contributed by atoms with van der Waals surface area (Å²) in [7, 11) is 0. The third-order valence-corrected chi connectivity index (χ3v) is 3.32. The van der Waals surface area contributed by atoms with Gasteiger partial charge >= 0.3 is 0 Å². The molecule has 0 spiro atoms. The van der Waals surface area contributed by atoms with Gasteiger partial charge in [0.1, 0.15) is 16.6 Å². The van der Waals surface area contributed by atoms with E-state index in [-0.39, 0.29) is 5.54 Å². The molecule has 0 bridgehead atoms. The van der Waals surface area contributed by atoms with Gasteiger partial charge in [0.05, 0.1) is 12.1 Å². The van der Waals surface area contributed by atoms with Crippen molar-refractivity contribution in [1.82, 2.24) is 9.97 Å². The van der Waals surface area contributed by atoms with Crippen LogP contribution in [0, 0.1) is 0 Å². The van der Waals surface area contributed by atoms with Gasteiger partial charge in [0.25, 0.3) is 0 Å². The first-order valence-corrected chi connectivity index (χ1v) is 5.77. The number of nitrogens with zero attached hydrogens (tertiary/aromatic N) is 2. The van der Waals surface area contributed by atoms with Crippen molar-refractivity contribution in [2.24, 2.45) is 5.84 Å². The van der Waals surface area contributed by atoms with E-state index in [1.54, 1.807) is 0 Å². The Balaban J connectivity index is 2.21. The molecule has 88 valence electrons. The van der Waals surface area contributed by atoms with Gasteiger partial charge in [0, 0.05) is 6.61 Å². The lowest BCUT2D eigenvalue weighted by molar-refractivity contribution is 0.185. The van der Waals surface area contributed by atoms with Crippen LogP contribution in [-0.2, 0) is 4.74 Å². The predicted octanol–water partition coefficient (Wildman–Crippen LogP) is 1.12. The van der Waals surface area contributed by atoms with Crippen LogP contribution in [0.25, 0.3) is 0 Å². The van der Waals surface area contributed by atoms with Crippen LogP contribution in [0.15, 0.2) is 10.8 Å². The molecule has 1 atom stereocenters. The summed E-state index contributed by atoms with van der Waals surface area (Å²) in [6, 6.07) is 0. The summed E-state index contributed by atoms with van der Waals surface area (Å²) in [4.78, 5) is 8.16. The molecule has 1 aliphatic rings. The van der Waals surface area contributed by atoms with Gasteiger partial charge in [0.2, 0.25) is 0 Å². The van der Waals surface area contributed by atoms with Crippen LogP contribution in [0.2, 0.25) is 0 Å². The summed E-state index contributed by atoms with van der Waals surface area (Å²) in [5.41, 5.74) is 2.42. The Hall–Kier alpha value is -0.920. The Bertz CT molecular complexity index is 380. The fraction of sp³-hybridized carbons (Fsp3) is 0.556. The van der Waals surface area contributed by atoms with Crippen LogP contribution in [0.5, 0.6) is 0 Å². The summed E-state index contributed by atoms with van der Waals surface area (Å²) in [6.45, 7) is 3.55. The van der Waals surface area contributed by atoms with Crippen molar-refractivity contribution in [3.63, 3.8) is 0 Å². The van der Waals surface area contributed by atoms with E-state index in [0.29, 0.717) is 12.4 Å². The predicted molar refractivity (Wildman–Crippen MR) is 65.0 cm³/mol. The lowest BCUT2D eigenvalue weighted by Gasteiger charge is -2.25. The SMILES string of the molecule is CC1(Nc2ncnc(NN)c2Br)CCOC1. The zero-order valence-electron chi connectivity index (χ0n) is 8.96. The summed E-state index contributed by atoms with van der Waals surface area (Å²) in [6.07, 6.45) is 2.41. The van der Waals surface area contributed by atoms with Crippen molar-refractivity contribution in [2.75, 3.05) is 24.0 Å². The molecule has 0 aliphatic carbocycles. The van der Waals surface area contributed by atoms with Gasteiger partial charge in [-0.05, 0) is 29.3 Å². The Morgan fingerprint density at radius 2 is 2.25 bits per heavy atom. The molecule has 2 rings (SSSR count). The van der Waals surface area contributed by atoms with Crippen LogP contribution in [0.3, 0.4) is 0 Å². The molecule has 2 heterocycles. The second-order valence-corrected chi connectivity index (χ2v) is 4.81. The molecule has 1 aliphatic heterocycles. The fourth-order valence-electron chi connectivity index (χ4n) is 1.61. The van der Waals surface area contributed by atoms with Crippen molar-refractivity contribution in [3.05, 3.63) is 10.8 Å². The summed E-state index contributed by atoms with van der Waals surface area (Å²) in [5.74, 6) is 6.61. The van der Waals surface area contributed by atoms with Crippen LogP contribution < -0.4 is 16.6 Å². The highest BCUT2D eigenvalue weighted by molar-refractivity contribution is 9.10. The normalized spacial score (nSPS) is 24.4. The topological polar surface area (TPSA) is 85.1 Å². The van der Waals surface area contributed by atoms with Crippen molar-refractivity contribution in [2.45, 2.75) is 18.9 Å². The highest BCUT2D eigenvalue weighted by Gasteiger charge is 2.30. The molecule has 0 aromatic carbocycles. The number of rotatable bonds is 3. The molecular weight excluding hydrogens is 274 g/mol. The third-order valence-electron chi connectivity index (χ3n) is 2.57. The minimum Gasteiger partial charge on any atom is -0.379 e. The first-order valence-electron chi connectivity index (χ1n) is 4.98. The van der Waals surface area contributed by atoms with Crippen LogP contribution in [0.1, 0.15) is 13.3 Å². The van der Waals surface area contributed by atoms with E-state index >= 15 is 0 Å². The first kappa shape index (κ1) is 11.6. The molecule has 1 aromatic heterocycles. The zero-order chi connectivity index (χ0) is 11.6. The Labute approximate surface area is 102 Å². The van der Waals surface area contributed by atoms with Crippen molar-refractivity contribution < 1.29 is 4.74 Å². The van der Waals surface area contributed by atoms with E-state index in [4.69, 9.17) is 10.6 Å². The summed E-state index contributed by atoms with van der Waals surface area (Å²) >= 11 is 3.40. The molecular formula is C9H14BrN5O. The van der Waals surface area contributed by atoms with Gasteiger partial charge < -0.3 is 15.5 Å². The van der Waals surface area contributed by atoms with E-state index in [2.05, 4.69) is 43.6 Å². The smallest absolute Gasteiger partial charge is 0.159 e. The van der Waals surface area contributed by atoms with E-state index < -0.39 is 0 Å². The molecule has 16 heavy (non-hydrogen) atoms. The molecule has 1 saturated heterocycles. The van der Waals surface area contributed by atoms with Gasteiger partial charge in [-0.25, -0.2) is 15.8 Å². The second kappa shape index (κ2) is 4.52. The fourth-order valence-corrected chi connectivity index (χ4v) is 2.03. The Kier molecular flexibility index (Phi) is 3.27. The lowest BCUT2D eigenvalue weighted by atomic mass is 10.0. The minimum atomic E-state index is -0.0806. The van der Waals surface area contributed by atoms with Gasteiger partial charge in [-0.1, -0.05) is 0 Å². The minimum absolute atomic E-state index is 0.0806. The Morgan fingerprint density at radius 3 is 2.88 bits per heavy atom. The molecule has 6 nitrogen and oxygen atoms in total. The van der Waals surface area contributed by atoms with Crippen molar-refractivity contribution >= 4 is 27.6 Å². The quantitative estimate of drug-likeness (QED) is 0.571. The molecule has 1 aromatic rings. The van der Waals surface area contributed by atoms with Crippen molar-refractivity contribution in [1.29, 1.82) is 0 Å². The molecule has 1 unspecified atom stereocenters. The van der Waals surface area contributed by atoms with E-state index in [1.807, 2.05) is 0 Å². The van der Waals surface area contributed by atoms with E-state index in [9.17, 15) is 0 Å². The largest absolute Gasteiger partial charge is 0.379 e. The maximum Gasteiger partial charge on any atom is 0.159 e. The average Bonchev–Trinajstić information content (AvgIpc) is 2.68. The number of anilines is 2. The molecule has 0 saturated carbocycles. The van der Waals surface area contributed by atoms with E-state index in [1.165, 1.54) is 6.33 Å². The number of hydrazine groups is 1. The van der Waals surface area contributed by atoms with Crippen LogP contribution >= 0.6 is 15.9 Å². The van der Waals surface area contributed by atoms with Gasteiger partial charge in [-0.3, -0.25) is 0 Å². The van der Waals surface area contributed by atoms with E-state index in [0.717, 1.165) is 23.3 Å². The first-order chi connectivity index (χ1) is 7.64. The number of hydrogen-bond donors (Lipinski definition) is 3. The highest BCUT2D eigenvalue weighted by Crippen LogP contribution is 2.30. The van der Waals surface area contributed by atoms with Gasteiger partial charge in [0.15, 0.2) is 5.82 Å².